The summed E-state index contributed by atoms with van der Waals surface area (Å²) in [7, 11) is -0.743. The molecule has 0 atom stereocenters. The van der Waals surface area contributed by atoms with Gasteiger partial charge in [-0.25, -0.2) is 15.0 Å². The van der Waals surface area contributed by atoms with Gasteiger partial charge in [-0.05, 0) is 18.4 Å². The van der Waals surface area contributed by atoms with Crippen molar-refractivity contribution in [3.05, 3.63) is 47.9 Å². The minimum absolute atomic E-state index is 0.667. The molecule has 3 aromatic rings. The van der Waals surface area contributed by atoms with Crippen molar-refractivity contribution in [1.82, 2.24) is 25.3 Å². The van der Waals surface area contributed by atoms with E-state index in [0.717, 1.165) is 80.6 Å². The van der Waals surface area contributed by atoms with Gasteiger partial charge in [0.15, 0.2) is 5.82 Å². The molecule has 9 heteroatoms. The maximum absolute atomic E-state index is 11.9. The third-order valence-electron chi connectivity index (χ3n) is 5.90. The number of hydrogen-bond acceptors (Lipinski definition) is 8. The Labute approximate surface area is 184 Å². The first kappa shape index (κ1) is 20.3. The number of hydrogen-bond donors (Lipinski definition) is 1. The lowest BCUT2D eigenvalue weighted by molar-refractivity contribution is 0.580. The van der Waals surface area contributed by atoms with Crippen LogP contribution in [0.15, 0.2) is 36.7 Å². The van der Waals surface area contributed by atoms with Crippen LogP contribution in [0.1, 0.15) is 11.3 Å². The Morgan fingerprint density at radius 3 is 2.42 bits per heavy atom. The molecule has 8 nitrogen and oxygen atoms in total. The molecule has 2 aromatic heterocycles. The molecule has 0 saturated carbocycles. The van der Waals surface area contributed by atoms with E-state index in [1.807, 2.05) is 6.07 Å². The lowest BCUT2D eigenvalue weighted by Gasteiger charge is -2.31. The van der Waals surface area contributed by atoms with E-state index in [2.05, 4.69) is 49.4 Å². The third-order valence-corrected chi connectivity index (χ3v) is 7.17. The van der Waals surface area contributed by atoms with E-state index < -0.39 is 10.8 Å². The van der Waals surface area contributed by atoms with Crippen LogP contribution in [0, 0.1) is 0 Å². The number of fused-ring (bicyclic) bond motifs is 1. The summed E-state index contributed by atoms with van der Waals surface area (Å²) in [5.41, 5.74) is 3.87. The van der Waals surface area contributed by atoms with Crippen LogP contribution < -0.4 is 15.1 Å². The second-order valence-corrected chi connectivity index (χ2v) is 9.62. The average molecular weight is 438 g/mol. The second-order valence-electron chi connectivity index (χ2n) is 7.92. The van der Waals surface area contributed by atoms with Crippen LogP contribution in [0.4, 0.5) is 11.8 Å². The Bertz CT molecular complexity index is 1060. The minimum Gasteiger partial charge on any atom is -0.353 e. The molecule has 2 aliphatic rings. The fourth-order valence-electron chi connectivity index (χ4n) is 4.14. The highest BCUT2D eigenvalue weighted by Crippen LogP contribution is 2.28. The summed E-state index contributed by atoms with van der Waals surface area (Å²) < 4.78 is 11.9. The molecule has 5 rings (SSSR count). The van der Waals surface area contributed by atoms with Gasteiger partial charge in [0.1, 0.15) is 17.4 Å². The monoisotopic (exact) mass is 437 g/mol. The maximum Gasteiger partial charge on any atom is 0.228 e. The fourth-order valence-corrected chi connectivity index (χ4v) is 5.19. The van der Waals surface area contributed by atoms with Gasteiger partial charge in [-0.3, -0.25) is 4.21 Å². The standard InChI is InChI=1S/C22H27N7OS/c30-31-14-12-28(13-15-31)21-20-19(26-22(27-21)29-10-8-23-9-11-29)18(24-16-25-20)7-6-17-4-2-1-3-5-17/h1-5,16,23H,6-15H2. The van der Waals surface area contributed by atoms with Crippen molar-refractivity contribution in [1.29, 1.82) is 0 Å². The SMILES string of the molecule is O=S1CCN(c2nc(N3CCNCC3)nc3c(CCc4ccccc4)ncnc23)CC1. The lowest BCUT2D eigenvalue weighted by Crippen LogP contribution is -2.44. The normalized spacial score (nSPS) is 17.9. The van der Waals surface area contributed by atoms with Crippen LogP contribution >= 0.6 is 0 Å². The molecule has 162 valence electrons. The van der Waals surface area contributed by atoms with E-state index in [4.69, 9.17) is 9.97 Å². The van der Waals surface area contributed by atoms with Crippen LogP contribution in [-0.4, -0.2) is 74.9 Å². The van der Waals surface area contributed by atoms with Crippen LogP contribution in [0.2, 0.25) is 0 Å². The molecule has 2 saturated heterocycles. The highest BCUT2D eigenvalue weighted by molar-refractivity contribution is 7.85. The molecule has 2 fully saturated rings. The van der Waals surface area contributed by atoms with Crippen LogP contribution in [0.3, 0.4) is 0 Å². The van der Waals surface area contributed by atoms with Crippen molar-refractivity contribution in [2.75, 3.05) is 60.6 Å². The van der Waals surface area contributed by atoms with E-state index in [1.165, 1.54) is 5.56 Å². The number of anilines is 2. The number of nitrogens with zero attached hydrogens (tertiary/aromatic N) is 6. The Hall–Kier alpha value is -2.65. The lowest BCUT2D eigenvalue weighted by atomic mass is 10.1. The molecule has 0 spiro atoms. The zero-order valence-electron chi connectivity index (χ0n) is 17.5. The number of aryl methyl sites for hydroxylation is 2. The average Bonchev–Trinajstić information content (AvgIpc) is 2.84. The van der Waals surface area contributed by atoms with Gasteiger partial charge >= 0.3 is 0 Å². The Kier molecular flexibility index (Phi) is 6.04. The smallest absolute Gasteiger partial charge is 0.228 e. The summed E-state index contributed by atoms with van der Waals surface area (Å²) in [5, 5.41) is 3.39. The Balaban J connectivity index is 1.54. The summed E-state index contributed by atoms with van der Waals surface area (Å²) in [5.74, 6) is 2.92. The predicted molar refractivity (Wildman–Crippen MR) is 124 cm³/mol. The molecule has 1 aromatic carbocycles. The second kappa shape index (κ2) is 9.23. The van der Waals surface area contributed by atoms with Crippen LogP contribution in [0.25, 0.3) is 11.0 Å². The number of rotatable bonds is 5. The van der Waals surface area contributed by atoms with Gasteiger partial charge in [-0.15, -0.1) is 0 Å². The minimum atomic E-state index is -0.743. The summed E-state index contributed by atoms with van der Waals surface area (Å²) >= 11 is 0. The largest absolute Gasteiger partial charge is 0.353 e. The van der Waals surface area contributed by atoms with Crippen molar-refractivity contribution in [2.24, 2.45) is 0 Å². The van der Waals surface area contributed by atoms with E-state index in [9.17, 15) is 4.21 Å². The quantitative estimate of drug-likeness (QED) is 0.637. The van der Waals surface area contributed by atoms with Gasteiger partial charge < -0.3 is 15.1 Å². The van der Waals surface area contributed by atoms with Gasteiger partial charge in [0.25, 0.3) is 0 Å². The first-order chi connectivity index (χ1) is 15.3. The third kappa shape index (κ3) is 4.52. The molecule has 1 N–H and O–H groups in total. The first-order valence-corrected chi connectivity index (χ1v) is 12.4. The van der Waals surface area contributed by atoms with Crippen molar-refractivity contribution < 1.29 is 4.21 Å². The van der Waals surface area contributed by atoms with Gasteiger partial charge in [-0.2, -0.15) is 4.98 Å². The zero-order valence-corrected chi connectivity index (χ0v) is 18.4. The maximum atomic E-state index is 11.9. The Morgan fingerprint density at radius 1 is 0.871 bits per heavy atom. The predicted octanol–water partition coefficient (Wildman–Crippen LogP) is 1.18. The van der Waals surface area contributed by atoms with Crippen LogP contribution in [0.5, 0.6) is 0 Å². The van der Waals surface area contributed by atoms with Crippen LogP contribution in [-0.2, 0) is 23.6 Å². The number of benzene rings is 1. The molecular weight excluding hydrogens is 410 g/mol. The number of aromatic nitrogens is 4. The van der Waals surface area contributed by atoms with E-state index in [1.54, 1.807) is 6.33 Å². The molecule has 0 unspecified atom stereocenters. The van der Waals surface area contributed by atoms with E-state index >= 15 is 0 Å². The molecule has 0 bridgehead atoms. The number of nitrogens with one attached hydrogen (secondary N) is 1. The van der Waals surface area contributed by atoms with Crippen molar-refractivity contribution in [3.8, 4) is 0 Å². The fraction of sp³-hybridized carbons (Fsp3) is 0.455. The summed E-state index contributed by atoms with van der Waals surface area (Å²) in [4.78, 5) is 23.6. The van der Waals surface area contributed by atoms with Gasteiger partial charge in [0.2, 0.25) is 5.95 Å². The zero-order chi connectivity index (χ0) is 21.0. The highest BCUT2D eigenvalue weighted by Gasteiger charge is 2.24. The summed E-state index contributed by atoms with van der Waals surface area (Å²) in [6.45, 7) is 5.05. The van der Waals surface area contributed by atoms with E-state index in [-0.39, 0.29) is 0 Å². The molecule has 31 heavy (non-hydrogen) atoms. The van der Waals surface area contributed by atoms with Crippen molar-refractivity contribution >= 4 is 33.6 Å². The molecule has 0 amide bonds. The van der Waals surface area contributed by atoms with Gasteiger partial charge in [0, 0.05) is 61.6 Å². The Morgan fingerprint density at radius 2 is 1.65 bits per heavy atom. The van der Waals surface area contributed by atoms with Crippen molar-refractivity contribution in [3.63, 3.8) is 0 Å². The number of piperazine rings is 1. The topological polar surface area (TPSA) is 87.1 Å². The highest BCUT2D eigenvalue weighted by atomic mass is 32.2. The van der Waals surface area contributed by atoms with Gasteiger partial charge in [-0.1, -0.05) is 30.3 Å². The molecular formula is C22H27N7OS. The van der Waals surface area contributed by atoms with Gasteiger partial charge in [0.05, 0.1) is 5.69 Å². The van der Waals surface area contributed by atoms with E-state index in [0.29, 0.717) is 11.5 Å². The van der Waals surface area contributed by atoms with Crippen molar-refractivity contribution in [2.45, 2.75) is 12.8 Å². The summed E-state index contributed by atoms with van der Waals surface area (Å²) in [6, 6.07) is 10.5. The molecule has 0 radical (unpaired) electrons. The molecule has 0 aliphatic carbocycles. The molecule has 2 aliphatic heterocycles. The first-order valence-electron chi connectivity index (χ1n) is 10.9. The summed E-state index contributed by atoms with van der Waals surface area (Å²) in [6.07, 6.45) is 3.32. The molecule has 4 heterocycles.